The number of hydrogen-bond donors (Lipinski definition) is 2. The molecular formula is C10H12N4S2. The Labute approximate surface area is 102 Å². The number of nitrogen functional groups attached to an aromatic ring is 1. The van der Waals surface area contributed by atoms with Gasteiger partial charge in [0, 0.05) is 23.0 Å². The van der Waals surface area contributed by atoms with E-state index in [0.29, 0.717) is 5.82 Å². The lowest BCUT2D eigenvalue weighted by Gasteiger charge is -2.02. The van der Waals surface area contributed by atoms with E-state index < -0.39 is 0 Å². The van der Waals surface area contributed by atoms with Gasteiger partial charge in [0.2, 0.25) is 0 Å². The van der Waals surface area contributed by atoms with Crippen LogP contribution in [-0.4, -0.2) is 9.97 Å². The fourth-order valence-corrected chi connectivity index (χ4v) is 2.98. The lowest BCUT2D eigenvalue weighted by atomic mass is 10.3. The highest BCUT2D eigenvalue weighted by molar-refractivity contribution is 8.00. The van der Waals surface area contributed by atoms with Gasteiger partial charge in [0.25, 0.3) is 0 Å². The Morgan fingerprint density at radius 2 is 2.44 bits per heavy atom. The molecule has 2 aromatic rings. The molecule has 0 aromatic carbocycles. The van der Waals surface area contributed by atoms with Gasteiger partial charge in [-0.2, -0.15) is 0 Å². The molecule has 0 saturated carbocycles. The monoisotopic (exact) mass is 252 g/mol. The average Bonchev–Trinajstić information content (AvgIpc) is 2.73. The molecule has 16 heavy (non-hydrogen) atoms. The topological polar surface area (TPSA) is 63.8 Å². The van der Waals surface area contributed by atoms with E-state index in [0.717, 1.165) is 15.8 Å². The van der Waals surface area contributed by atoms with Gasteiger partial charge in [-0.15, -0.1) is 11.3 Å². The van der Waals surface area contributed by atoms with Crippen molar-refractivity contribution < 1.29 is 0 Å². The first-order chi connectivity index (χ1) is 7.78. The standard InChI is InChI=1S/C10H12N4S2/c1-7-5-15-10(13-7)16-6-8-2-3-12-9(4-8)14-11/h2-5H,6,11H2,1H3,(H,12,14). The van der Waals surface area contributed by atoms with Gasteiger partial charge in [-0.1, -0.05) is 11.8 Å². The van der Waals surface area contributed by atoms with Crippen molar-refractivity contribution in [2.24, 2.45) is 5.84 Å². The van der Waals surface area contributed by atoms with Crippen LogP contribution in [0.15, 0.2) is 28.0 Å². The fraction of sp³-hybridized carbons (Fsp3) is 0.200. The zero-order chi connectivity index (χ0) is 11.4. The number of nitrogens with zero attached hydrogens (tertiary/aromatic N) is 2. The van der Waals surface area contributed by atoms with E-state index in [1.165, 1.54) is 5.56 Å². The van der Waals surface area contributed by atoms with Gasteiger partial charge in [0.05, 0.1) is 0 Å². The van der Waals surface area contributed by atoms with Crippen LogP contribution in [0.2, 0.25) is 0 Å². The number of rotatable bonds is 4. The van der Waals surface area contributed by atoms with Crippen LogP contribution >= 0.6 is 23.1 Å². The first-order valence-electron chi connectivity index (χ1n) is 4.74. The van der Waals surface area contributed by atoms with Gasteiger partial charge in [-0.3, -0.25) is 0 Å². The number of hydrazine groups is 1. The van der Waals surface area contributed by atoms with Crippen molar-refractivity contribution in [1.82, 2.24) is 9.97 Å². The minimum Gasteiger partial charge on any atom is -0.308 e. The Bertz CT molecular complexity index is 469. The number of anilines is 1. The molecule has 0 aliphatic rings. The van der Waals surface area contributed by atoms with Crippen LogP contribution in [-0.2, 0) is 5.75 Å². The van der Waals surface area contributed by atoms with Crippen molar-refractivity contribution >= 4 is 28.9 Å². The summed E-state index contributed by atoms with van der Waals surface area (Å²) in [6.07, 6.45) is 1.75. The molecular weight excluding hydrogens is 240 g/mol. The van der Waals surface area contributed by atoms with Crippen molar-refractivity contribution in [3.63, 3.8) is 0 Å². The predicted molar refractivity (Wildman–Crippen MR) is 68.5 cm³/mol. The van der Waals surface area contributed by atoms with Crippen molar-refractivity contribution in [3.8, 4) is 0 Å². The van der Waals surface area contributed by atoms with Crippen molar-refractivity contribution in [2.45, 2.75) is 17.0 Å². The molecule has 2 aromatic heterocycles. The first-order valence-corrected chi connectivity index (χ1v) is 6.61. The number of nitrogens with one attached hydrogen (secondary N) is 1. The third-order valence-corrected chi connectivity index (χ3v) is 4.14. The van der Waals surface area contributed by atoms with Gasteiger partial charge < -0.3 is 5.43 Å². The molecule has 0 amide bonds. The summed E-state index contributed by atoms with van der Waals surface area (Å²) < 4.78 is 1.09. The van der Waals surface area contributed by atoms with E-state index in [1.807, 2.05) is 19.1 Å². The van der Waals surface area contributed by atoms with Gasteiger partial charge in [0.1, 0.15) is 10.2 Å². The molecule has 0 bridgehead atoms. The molecule has 4 nitrogen and oxygen atoms in total. The number of nitrogens with two attached hydrogens (primary N) is 1. The Morgan fingerprint density at radius 1 is 1.56 bits per heavy atom. The van der Waals surface area contributed by atoms with Gasteiger partial charge in [-0.05, 0) is 24.6 Å². The quantitative estimate of drug-likeness (QED) is 0.497. The van der Waals surface area contributed by atoms with E-state index in [2.05, 4.69) is 20.8 Å². The molecule has 0 aliphatic heterocycles. The van der Waals surface area contributed by atoms with Crippen LogP contribution in [0.4, 0.5) is 5.82 Å². The lowest BCUT2D eigenvalue weighted by molar-refractivity contribution is 1.15. The van der Waals surface area contributed by atoms with Gasteiger partial charge in [0.15, 0.2) is 0 Å². The smallest absolute Gasteiger partial charge is 0.150 e. The summed E-state index contributed by atoms with van der Waals surface area (Å²) in [4.78, 5) is 8.45. The highest BCUT2D eigenvalue weighted by atomic mass is 32.2. The molecule has 0 atom stereocenters. The second-order valence-electron chi connectivity index (χ2n) is 3.24. The number of thioether (sulfide) groups is 1. The maximum atomic E-state index is 5.30. The van der Waals surface area contributed by atoms with E-state index in [1.54, 1.807) is 29.3 Å². The van der Waals surface area contributed by atoms with Crippen LogP contribution in [0.25, 0.3) is 0 Å². The van der Waals surface area contributed by atoms with E-state index in [4.69, 9.17) is 5.84 Å². The minimum atomic E-state index is 0.688. The van der Waals surface area contributed by atoms with E-state index >= 15 is 0 Å². The summed E-state index contributed by atoms with van der Waals surface area (Å²) in [5, 5.41) is 2.06. The molecule has 2 heterocycles. The SMILES string of the molecule is Cc1csc(SCc2ccnc(NN)c2)n1. The molecule has 6 heteroatoms. The zero-order valence-corrected chi connectivity index (χ0v) is 10.4. The van der Waals surface area contributed by atoms with Crippen LogP contribution in [0.3, 0.4) is 0 Å². The second kappa shape index (κ2) is 5.29. The summed E-state index contributed by atoms with van der Waals surface area (Å²) in [7, 11) is 0. The highest BCUT2D eigenvalue weighted by Crippen LogP contribution is 2.26. The van der Waals surface area contributed by atoms with Crippen molar-refractivity contribution in [2.75, 3.05) is 5.43 Å². The maximum Gasteiger partial charge on any atom is 0.150 e. The van der Waals surface area contributed by atoms with Gasteiger partial charge >= 0.3 is 0 Å². The Kier molecular flexibility index (Phi) is 3.76. The summed E-state index contributed by atoms with van der Waals surface area (Å²) in [6, 6.07) is 3.92. The maximum absolute atomic E-state index is 5.30. The van der Waals surface area contributed by atoms with E-state index in [9.17, 15) is 0 Å². The summed E-state index contributed by atoms with van der Waals surface area (Å²) >= 11 is 3.40. The molecule has 0 spiro atoms. The highest BCUT2D eigenvalue weighted by Gasteiger charge is 2.01. The zero-order valence-electron chi connectivity index (χ0n) is 8.80. The molecule has 2 rings (SSSR count). The second-order valence-corrected chi connectivity index (χ2v) is 5.32. The first kappa shape index (κ1) is 11.4. The number of hydrogen-bond acceptors (Lipinski definition) is 6. The van der Waals surface area contributed by atoms with Crippen LogP contribution in [0.5, 0.6) is 0 Å². The Hall–Kier alpha value is -1.11. The number of aromatic nitrogens is 2. The molecule has 0 radical (unpaired) electrons. The summed E-state index contributed by atoms with van der Waals surface area (Å²) in [5.41, 5.74) is 4.79. The fourth-order valence-electron chi connectivity index (χ4n) is 1.19. The lowest BCUT2D eigenvalue weighted by Crippen LogP contribution is -2.08. The average molecular weight is 252 g/mol. The molecule has 0 saturated heterocycles. The van der Waals surface area contributed by atoms with Crippen molar-refractivity contribution in [3.05, 3.63) is 35.0 Å². The number of pyridine rings is 1. The number of aryl methyl sites for hydroxylation is 1. The summed E-state index contributed by atoms with van der Waals surface area (Å²) in [6.45, 7) is 2.00. The normalized spacial score (nSPS) is 10.4. The van der Waals surface area contributed by atoms with E-state index in [-0.39, 0.29) is 0 Å². The Balaban J connectivity index is 1.99. The third kappa shape index (κ3) is 2.94. The van der Waals surface area contributed by atoms with Gasteiger partial charge in [-0.25, -0.2) is 15.8 Å². The Morgan fingerprint density at radius 3 is 3.12 bits per heavy atom. The van der Waals surface area contributed by atoms with Crippen LogP contribution in [0.1, 0.15) is 11.3 Å². The van der Waals surface area contributed by atoms with Crippen LogP contribution < -0.4 is 11.3 Å². The predicted octanol–water partition coefficient (Wildman–Crippen LogP) is 2.42. The largest absolute Gasteiger partial charge is 0.308 e. The molecule has 3 N–H and O–H groups in total. The van der Waals surface area contributed by atoms with Crippen molar-refractivity contribution in [1.29, 1.82) is 0 Å². The molecule has 0 unspecified atom stereocenters. The molecule has 0 fully saturated rings. The summed E-state index contributed by atoms with van der Waals surface area (Å²) in [5.74, 6) is 6.87. The molecule has 0 aliphatic carbocycles. The minimum absolute atomic E-state index is 0.688. The van der Waals surface area contributed by atoms with Crippen LogP contribution in [0, 0.1) is 6.92 Å². The number of thiazole rings is 1. The third-order valence-electron chi connectivity index (χ3n) is 1.93. The molecule has 84 valence electrons.